The van der Waals surface area contributed by atoms with Crippen molar-refractivity contribution in [3.63, 3.8) is 0 Å². The molecule has 1 amide bonds. The number of carbonyl (C=O) groups excluding carboxylic acids is 1. The maximum atomic E-state index is 10.9. The summed E-state index contributed by atoms with van der Waals surface area (Å²) in [6, 6.07) is 3.99. The number of rotatable bonds is 2. The third-order valence-corrected chi connectivity index (χ3v) is 2.83. The highest BCUT2D eigenvalue weighted by Crippen LogP contribution is 2.15. The van der Waals surface area contributed by atoms with E-state index in [1.807, 2.05) is 6.07 Å². The van der Waals surface area contributed by atoms with E-state index in [1.165, 1.54) is 6.20 Å². The molecular weight excluding hydrogens is 204 g/mol. The summed E-state index contributed by atoms with van der Waals surface area (Å²) in [7, 11) is 0. The van der Waals surface area contributed by atoms with Crippen LogP contribution in [0.2, 0.25) is 0 Å². The number of anilines is 1. The van der Waals surface area contributed by atoms with Crippen molar-refractivity contribution in [1.29, 1.82) is 0 Å². The van der Waals surface area contributed by atoms with Crippen LogP contribution in [0.4, 0.5) is 5.82 Å². The van der Waals surface area contributed by atoms with Crippen LogP contribution in [0.1, 0.15) is 17.3 Å². The molecule has 2 rings (SSSR count). The molecule has 0 saturated carbocycles. The van der Waals surface area contributed by atoms with E-state index in [9.17, 15) is 4.79 Å². The van der Waals surface area contributed by atoms with Crippen LogP contribution in [0.15, 0.2) is 18.3 Å². The molecule has 0 aromatic carbocycles. The second-order valence-electron chi connectivity index (χ2n) is 4.02. The van der Waals surface area contributed by atoms with E-state index in [0.29, 0.717) is 11.6 Å². The summed E-state index contributed by atoms with van der Waals surface area (Å²) in [6.07, 6.45) is 1.53. The number of nitrogens with zero attached hydrogens (tertiary/aromatic N) is 2. The first kappa shape index (κ1) is 10.9. The van der Waals surface area contributed by atoms with E-state index in [-0.39, 0.29) is 0 Å². The van der Waals surface area contributed by atoms with Crippen molar-refractivity contribution in [3.05, 3.63) is 23.9 Å². The van der Waals surface area contributed by atoms with Crippen molar-refractivity contribution < 1.29 is 4.79 Å². The number of amides is 1. The minimum Gasteiger partial charge on any atom is -0.366 e. The Balaban J connectivity index is 2.17. The van der Waals surface area contributed by atoms with E-state index >= 15 is 0 Å². The average Bonchev–Trinajstić information content (AvgIpc) is 2.30. The summed E-state index contributed by atoms with van der Waals surface area (Å²) in [6.45, 7) is 5.00. The lowest BCUT2D eigenvalue weighted by Gasteiger charge is -2.34. The Bertz CT molecular complexity index is 376. The first-order chi connectivity index (χ1) is 7.68. The first-order valence-corrected chi connectivity index (χ1v) is 5.41. The molecule has 1 saturated heterocycles. The van der Waals surface area contributed by atoms with Gasteiger partial charge in [-0.15, -0.1) is 0 Å². The Labute approximate surface area is 94.6 Å². The van der Waals surface area contributed by atoms with Gasteiger partial charge in [0.2, 0.25) is 5.91 Å². The molecule has 0 spiro atoms. The molecule has 1 atom stereocenters. The lowest BCUT2D eigenvalue weighted by Crippen LogP contribution is -2.50. The fraction of sp³-hybridized carbons (Fsp3) is 0.455. The second kappa shape index (κ2) is 4.49. The van der Waals surface area contributed by atoms with Crippen LogP contribution in [-0.2, 0) is 0 Å². The molecule has 0 bridgehead atoms. The number of piperazine rings is 1. The molecule has 0 radical (unpaired) electrons. The number of hydrogen-bond donors (Lipinski definition) is 2. The van der Waals surface area contributed by atoms with Crippen LogP contribution in [0, 0.1) is 0 Å². The smallest absolute Gasteiger partial charge is 0.250 e. The van der Waals surface area contributed by atoms with Crippen molar-refractivity contribution in [2.75, 3.05) is 24.5 Å². The summed E-state index contributed by atoms with van der Waals surface area (Å²) in [5.74, 6) is 0.464. The molecule has 1 aromatic heterocycles. The van der Waals surface area contributed by atoms with Gasteiger partial charge in [-0.2, -0.15) is 0 Å². The molecule has 3 N–H and O–H groups in total. The summed E-state index contributed by atoms with van der Waals surface area (Å²) in [5.41, 5.74) is 5.62. The van der Waals surface area contributed by atoms with Gasteiger partial charge < -0.3 is 16.0 Å². The van der Waals surface area contributed by atoms with E-state index in [0.717, 1.165) is 25.5 Å². The highest BCUT2D eigenvalue weighted by Gasteiger charge is 2.19. The lowest BCUT2D eigenvalue weighted by atomic mass is 10.2. The van der Waals surface area contributed by atoms with E-state index in [2.05, 4.69) is 22.1 Å². The molecule has 0 aliphatic carbocycles. The molecule has 0 unspecified atom stereocenters. The largest absolute Gasteiger partial charge is 0.366 e. The van der Waals surface area contributed by atoms with Gasteiger partial charge in [0.15, 0.2) is 0 Å². The predicted molar refractivity (Wildman–Crippen MR) is 62.4 cm³/mol. The number of nitrogens with one attached hydrogen (secondary N) is 1. The number of hydrogen-bond acceptors (Lipinski definition) is 4. The number of primary amides is 1. The normalized spacial score (nSPS) is 20.8. The topological polar surface area (TPSA) is 71.2 Å². The Kier molecular flexibility index (Phi) is 3.05. The van der Waals surface area contributed by atoms with Crippen LogP contribution < -0.4 is 16.0 Å². The van der Waals surface area contributed by atoms with Crippen molar-refractivity contribution in [3.8, 4) is 0 Å². The average molecular weight is 220 g/mol. The zero-order valence-electron chi connectivity index (χ0n) is 9.31. The number of carbonyl (C=O) groups is 1. The summed E-state index contributed by atoms with van der Waals surface area (Å²) >= 11 is 0. The van der Waals surface area contributed by atoms with Gasteiger partial charge in [0.1, 0.15) is 5.82 Å². The third kappa shape index (κ3) is 2.14. The SMILES string of the molecule is C[C@@H]1CNCCN1c1ccc(C(N)=O)cn1. The van der Waals surface area contributed by atoms with Crippen LogP contribution in [0.25, 0.3) is 0 Å². The summed E-state index contributed by atoms with van der Waals surface area (Å²) < 4.78 is 0. The van der Waals surface area contributed by atoms with Crippen molar-refractivity contribution in [1.82, 2.24) is 10.3 Å². The van der Waals surface area contributed by atoms with Crippen LogP contribution in [0.3, 0.4) is 0 Å². The number of pyridine rings is 1. The maximum Gasteiger partial charge on any atom is 0.250 e. The minimum absolute atomic E-state index is 0.417. The zero-order chi connectivity index (χ0) is 11.5. The van der Waals surface area contributed by atoms with E-state index < -0.39 is 5.91 Å². The van der Waals surface area contributed by atoms with Gasteiger partial charge in [-0.1, -0.05) is 0 Å². The fourth-order valence-corrected chi connectivity index (χ4v) is 1.88. The molecule has 86 valence electrons. The Morgan fingerprint density at radius 2 is 2.44 bits per heavy atom. The summed E-state index contributed by atoms with van der Waals surface area (Å²) in [5, 5.41) is 3.32. The second-order valence-corrected chi connectivity index (χ2v) is 4.02. The van der Waals surface area contributed by atoms with E-state index in [4.69, 9.17) is 5.73 Å². The van der Waals surface area contributed by atoms with Gasteiger partial charge in [-0.3, -0.25) is 4.79 Å². The van der Waals surface area contributed by atoms with Gasteiger partial charge in [0.05, 0.1) is 5.56 Å². The zero-order valence-corrected chi connectivity index (χ0v) is 9.31. The minimum atomic E-state index is -0.438. The Morgan fingerprint density at radius 3 is 3.00 bits per heavy atom. The van der Waals surface area contributed by atoms with Crippen molar-refractivity contribution in [2.45, 2.75) is 13.0 Å². The first-order valence-electron chi connectivity index (χ1n) is 5.41. The standard InChI is InChI=1S/C11H16N4O/c1-8-6-13-4-5-15(8)10-3-2-9(7-14-10)11(12)16/h2-3,7-8,13H,4-6H2,1H3,(H2,12,16)/t8-/m1/s1. The highest BCUT2D eigenvalue weighted by atomic mass is 16.1. The van der Waals surface area contributed by atoms with Crippen LogP contribution in [-0.4, -0.2) is 36.6 Å². The third-order valence-electron chi connectivity index (χ3n) is 2.83. The van der Waals surface area contributed by atoms with Crippen LogP contribution in [0.5, 0.6) is 0 Å². The van der Waals surface area contributed by atoms with Gasteiger partial charge in [-0.05, 0) is 19.1 Å². The molecule has 1 aliphatic heterocycles. The molecule has 1 aromatic rings. The molecule has 1 aliphatic rings. The molecule has 5 nitrogen and oxygen atoms in total. The van der Waals surface area contributed by atoms with E-state index in [1.54, 1.807) is 6.07 Å². The van der Waals surface area contributed by atoms with Gasteiger partial charge >= 0.3 is 0 Å². The fourth-order valence-electron chi connectivity index (χ4n) is 1.88. The quantitative estimate of drug-likeness (QED) is 0.734. The molecular formula is C11H16N4O. The number of nitrogens with two attached hydrogens (primary N) is 1. The molecule has 5 heteroatoms. The molecule has 1 fully saturated rings. The van der Waals surface area contributed by atoms with Crippen LogP contribution >= 0.6 is 0 Å². The monoisotopic (exact) mass is 220 g/mol. The van der Waals surface area contributed by atoms with Gasteiger partial charge in [0, 0.05) is 31.9 Å². The Hall–Kier alpha value is -1.62. The number of aromatic nitrogens is 1. The lowest BCUT2D eigenvalue weighted by molar-refractivity contribution is 0.1000. The summed E-state index contributed by atoms with van der Waals surface area (Å²) in [4.78, 5) is 17.4. The highest BCUT2D eigenvalue weighted by molar-refractivity contribution is 5.92. The van der Waals surface area contributed by atoms with Crippen molar-refractivity contribution in [2.24, 2.45) is 5.73 Å². The maximum absolute atomic E-state index is 10.9. The van der Waals surface area contributed by atoms with Gasteiger partial charge in [-0.25, -0.2) is 4.98 Å². The predicted octanol–water partition coefficient (Wildman–Crippen LogP) is -0.0214. The van der Waals surface area contributed by atoms with Crippen molar-refractivity contribution >= 4 is 11.7 Å². The van der Waals surface area contributed by atoms with Gasteiger partial charge in [0.25, 0.3) is 0 Å². The Morgan fingerprint density at radius 1 is 1.62 bits per heavy atom. The molecule has 16 heavy (non-hydrogen) atoms. The molecule has 2 heterocycles.